The van der Waals surface area contributed by atoms with Gasteiger partial charge in [0.05, 0.1) is 0 Å². The van der Waals surface area contributed by atoms with Crippen LogP contribution in [0.25, 0.3) is 11.1 Å². The van der Waals surface area contributed by atoms with E-state index in [2.05, 4.69) is 121 Å². The normalized spacial score (nSPS) is 12.0. The van der Waals surface area contributed by atoms with Crippen LogP contribution in [0, 0.1) is 0 Å². The Morgan fingerprint density at radius 1 is 0.793 bits per heavy atom. The second kappa shape index (κ2) is 10.4. The van der Waals surface area contributed by atoms with E-state index in [0.29, 0.717) is 6.61 Å². The highest BCUT2D eigenvalue weighted by Crippen LogP contribution is 2.35. The lowest BCUT2D eigenvalue weighted by atomic mass is 9.88. The zero-order chi connectivity index (χ0) is 20.6. The van der Waals surface area contributed by atoms with E-state index in [4.69, 9.17) is 4.74 Å². The number of nitrogens with zero attached hydrogens (tertiary/aromatic N) is 1. The molecular weight excluding hydrogens is 422 g/mol. The molecule has 0 unspecified atom stereocenters. The third-order valence-corrected chi connectivity index (χ3v) is 5.39. The van der Waals surface area contributed by atoms with Crippen LogP contribution < -0.4 is 4.74 Å². The predicted molar refractivity (Wildman–Crippen MR) is 127 cm³/mol. The van der Waals surface area contributed by atoms with Crippen LogP contribution in [0.1, 0.15) is 30.0 Å². The van der Waals surface area contributed by atoms with Gasteiger partial charge in [-0.15, -0.1) is 0 Å². The standard InChI is InChI=1S/C26H28BrNO/c1-4-25(20-8-6-5-7-9-20)26(21-10-14-23(27)15-11-21)22-12-16-24(17-13-22)29-19-18-28(2)3/h5-17H,4,18-19H2,1-3H3. The fourth-order valence-corrected chi connectivity index (χ4v) is 3.62. The first-order chi connectivity index (χ1) is 14.1. The number of halogens is 1. The van der Waals surface area contributed by atoms with E-state index in [-0.39, 0.29) is 0 Å². The summed E-state index contributed by atoms with van der Waals surface area (Å²) in [5.41, 5.74) is 6.29. The molecule has 0 saturated carbocycles. The van der Waals surface area contributed by atoms with Crippen molar-refractivity contribution in [3.05, 3.63) is 100 Å². The summed E-state index contributed by atoms with van der Waals surface area (Å²) in [4.78, 5) is 2.12. The number of hydrogen-bond acceptors (Lipinski definition) is 2. The number of likely N-dealkylation sites (N-methyl/N-ethyl adjacent to an activating group) is 1. The van der Waals surface area contributed by atoms with Crippen molar-refractivity contribution in [2.24, 2.45) is 0 Å². The highest BCUT2D eigenvalue weighted by atomic mass is 79.9. The highest BCUT2D eigenvalue weighted by molar-refractivity contribution is 9.10. The molecule has 0 bridgehead atoms. The maximum Gasteiger partial charge on any atom is 0.119 e. The number of hydrogen-bond donors (Lipinski definition) is 0. The Morgan fingerprint density at radius 2 is 1.38 bits per heavy atom. The quantitative estimate of drug-likeness (QED) is 0.352. The molecule has 3 aromatic carbocycles. The molecule has 150 valence electrons. The first-order valence-corrected chi connectivity index (χ1v) is 10.8. The maximum absolute atomic E-state index is 5.88. The van der Waals surface area contributed by atoms with Crippen LogP contribution in [0.5, 0.6) is 5.75 Å². The Hall–Kier alpha value is -2.36. The molecule has 0 aliphatic heterocycles. The van der Waals surface area contributed by atoms with E-state index in [1.807, 2.05) is 0 Å². The summed E-state index contributed by atoms with van der Waals surface area (Å²) in [6.07, 6.45) is 0.955. The third-order valence-electron chi connectivity index (χ3n) is 4.86. The molecular formula is C26H28BrNO. The zero-order valence-electron chi connectivity index (χ0n) is 17.4. The molecule has 0 atom stereocenters. The van der Waals surface area contributed by atoms with Gasteiger partial charge in [0.25, 0.3) is 0 Å². The van der Waals surface area contributed by atoms with Crippen molar-refractivity contribution >= 4 is 27.1 Å². The third kappa shape index (κ3) is 5.81. The van der Waals surface area contributed by atoms with E-state index in [0.717, 1.165) is 23.2 Å². The molecule has 3 heteroatoms. The molecule has 0 aliphatic carbocycles. The van der Waals surface area contributed by atoms with Gasteiger partial charge in [0, 0.05) is 11.0 Å². The van der Waals surface area contributed by atoms with Crippen molar-refractivity contribution in [3.8, 4) is 5.75 Å². The zero-order valence-corrected chi connectivity index (χ0v) is 18.9. The van der Waals surface area contributed by atoms with Gasteiger partial charge in [-0.05, 0) is 72.6 Å². The minimum absolute atomic E-state index is 0.686. The molecule has 3 rings (SSSR count). The monoisotopic (exact) mass is 449 g/mol. The lowest BCUT2D eigenvalue weighted by Gasteiger charge is -2.17. The van der Waals surface area contributed by atoms with E-state index in [1.54, 1.807) is 0 Å². The summed E-state index contributed by atoms with van der Waals surface area (Å²) in [6.45, 7) is 3.81. The van der Waals surface area contributed by atoms with Crippen LogP contribution in [0.4, 0.5) is 0 Å². The van der Waals surface area contributed by atoms with Gasteiger partial charge in [0.15, 0.2) is 0 Å². The topological polar surface area (TPSA) is 12.5 Å². The van der Waals surface area contributed by atoms with Crippen molar-refractivity contribution in [2.45, 2.75) is 13.3 Å². The lowest BCUT2D eigenvalue weighted by Crippen LogP contribution is -2.19. The minimum Gasteiger partial charge on any atom is -0.492 e. The smallest absolute Gasteiger partial charge is 0.119 e. The fourth-order valence-electron chi connectivity index (χ4n) is 3.36. The van der Waals surface area contributed by atoms with Crippen LogP contribution in [0.3, 0.4) is 0 Å². The Balaban J connectivity index is 2.02. The van der Waals surface area contributed by atoms with Crippen molar-refractivity contribution in [1.29, 1.82) is 0 Å². The molecule has 0 fully saturated rings. The largest absolute Gasteiger partial charge is 0.492 e. The molecule has 0 spiro atoms. The van der Waals surface area contributed by atoms with Gasteiger partial charge in [-0.2, -0.15) is 0 Å². The summed E-state index contributed by atoms with van der Waals surface area (Å²) in [6, 6.07) is 27.7. The van der Waals surface area contributed by atoms with Gasteiger partial charge < -0.3 is 9.64 Å². The summed E-state index contributed by atoms with van der Waals surface area (Å²) < 4.78 is 6.97. The predicted octanol–water partition coefficient (Wildman–Crippen LogP) is 6.76. The van der Waals surface area contributed by atoms with Gasteiger partial charge in [-0.25, -0.2) is 0 Å². The maximum atomic E-state index is 5.88. The fraction of sp³-hybridized carbons (Fsp3) is 0.231. The average Bonchev–Trinajstić information content (AvgIpc) is 2.74. The average molecular weight is 450 g/mol. The van der Waals surface area contributed by atoms with Gasteiger partial charge in [0.1, 0.15) is 12.4 Å². The molecule has 0 amide bonds. The van der Waals surface area contributed by atoms with E-state index in [9.17, 15) is 0 Å². The van der Waals surface area contributed by atoms with Crippen molar-refractivity contribution in [3.63, 3.8) is 0 Å². The SMILES string of the molecule is CCC(=C(c1ccc(Br)cc1)c1ccc(OCCN(C)C)cc1)c1ccccc1. The van der Waals surface area contributed by atoms with Gasteiger partial charge >= 0.3 is 0 Å². The lowest BCUT2D eigenvalue weighted by molar-refractivity contribution is 0.261. The summed E-state index contributed by atoms with van der Waals surface area (Å²) in [5.74, 6) is 0.906. The van der Waals surface area contributed by atoms with E-state index in [1.165, 1.54) is 27.8 Å². The van der Waals surface area contributed by atoms with E-state index < -0.39 is 0 Å². The Labute approximate surface area is 183 Å². The van der Waals surface area contributed by atoms with Crippen molar-refractivity contribution in [2.75, 3.05) is 27.2 Å². The highest BCUT2D eigenvalue weighted by Gasteiger charge is 2.13. The van der Waals surface area contributed by atoms with Crippen molar-refractivity contribution < 1.29 is 4.74 Å². The molecule has 0 heterocycles. The number of rotatable bonds is 8. The molecule has 0 aromatic heterocycles. The second-order valence-corrected chi connectivity index (χ2v) is 8.17. The first kappa shape index (κ1) is 21.4. The van der Waals surface area contributed by atoms with Crippen LogP contribution >= 0.6 is 15.9 Å². The summed E-state index contributed by atoms with van der Waals surface area (Å²) in [5, 5.41) is 0. The van der Waals surface area contributed by atoms with Gasteiger partial charge in [-0.1, -0.05) is 77.5 Å². The van der Waals surface area contributed by atoms with Gasteiger partial charge in [-0.3, -0.25) is 0 Å². The molecule has 0 radical (unpaired) electrons. The first-order valence-electron chi connectivity index (χ1n) is 10.0. The summed E-state index contributed by atoms with van der Waals surface area (Å²) in [7, 11) is 4.11. The number of allylic oxidation sites excluding steroid dienone is 1. The molecule has 0 N–H and O–H groups in total. The molecule has 2 nitrogen and oxygen atoms in total. The van der Waals surface area contributed by atoms with Crippen LogP contribution in [-0.4, -0.2) is 32.1 Å². The second-order valence-electron chi connectivity index (χ2n) is 7.26. The molecule has 29 heavy (non-hydrogen) atoms. The van der Waals surface area contributed by atoms with Crippen molar-refractivity contribution in [1.82, 2.24) is 4.90 Å². The number of ether oxygens (including phenoxy) is 1. The number of benzene rings is 3. The molecule has 3 aromatic rings. The van der Waals surface area contributed by atoms with Crippen LogP contribution in [0.2, 0.25) is 0 Å². The molecule has 0 aliphatic rings. The molecule has 0 saturated heterocycles. The van der Waals surface area contributed by atoms with E-state index >= 15 is 0 Å². The van der Waals surface area contributed by atoms with Crippen LogP contribution in [0.15, 0.2) is 83.3 Å². The minimum atomic E-state index is 0.686. The Morgan fingerprint density at radius 3 is 1.93 bits per heavy atom. The van der Waals surface area contributed by atoms with Gasteiger partial charge in [0.2, 0.25) is 0 Å². The van der Waals surface area contributed by atoms with Crippen LogP contribution in [-0.2, 0) is 0 Å². The Bertz CT molecular complexity index is 929. The summed E-state index contributed by atoms with van der Waals surface area (Å²) >= 11 is 3.56. The Kier molecular flexibility index (Phi) is 7.68.